The van der Waals surface area contributed by atoms with Crippen molar-refractivity contribution < 1.29 is 14.3 Å². The molecule has 0 aliphatic carbocycles. The Bertz CT molecular complexity index is 405. The second kappa shape index (κ2) is 9.69. The minimum atomic E-state index is -0.150. The highest BCUT2D eigenvalue weighted by atomic mass is 35.5. The van der Waals surface area contributed by atoms with Crippen molar-refractivity contribution in [3.05, 3.63) is 29.0 Å². The average Bonchev–Trinajstić information content (AvgIpc) is 2.46. The van der Waals surface area contributed by atoms with Crippen molar-refractivity contribution in [2.24, 2.45) is 0 Å². The van der Waals surface area contributed by atoms with Gasteiger partial charge in [0.25, 0.3) is 5.91 Å². The van der Waals surface area contributed by atoms with Crippen LogP contribution in [0.15, 0.2) is 18.5 Å². The minimum Gasteiger partial charge on any atom is -0.380 e. The van der Waals surface area contributed by atoms with Gasteiger partial charge in [-0.15, -0.1) is 0 Å². The van der Waals surface area contributed by atoms with E-state index in [4.69, 9.17) is 21.1 Å². The molecule has 0 aliphatic rings. The van der Waals surface area contributed by atoms with Crippen LogP contribution in [0.2, 0.25) is 5.02 Å². The molecule has 1 rings (SSSR count). The van der Waals surface area contributed by atoms with Crippen LogP contribution in [-0.2, 0) is 9.47 Å². The molecule has 0 unspecified atom stereocenters. The predicted molar refractivity (Wildman–Crippen MR) is 78.1 cm³/mol. The molecule has 0 spiro atoms. The number of carbonyl (C=O) groups is 1. The van der Waals surface area contributed by atoms with Gasteiger partial charge in [0.05, 0.1) is 23.8 Å². The molecule has 0 saturated heterocycles. The van der Waals surface area contributed by atoms with E-state index in [0.29, 0.717) is 50.1 Å². The first-order valence-electron chi connectivity index (χ1n) is 6.75. The van der Waals surface area contributed by atoms with Crippen LogP contribution in [0.1, 0.15) is 24.2 Å². The highest BCUT2D eigenvalue weighted by molar-refractivity contribution is 6.33. The van der Waals surface area contributed by atoms with Crippen molar-refractivity contribution >= 4 is 17.5 Å². The molecule has 0 saturated carbocycles. The standard InChI is InChI=1S/C14H21ClN2O3/c1-3-19-9-7-17(8-10-20-4-2)14(18)12-11-16-6-5-13(12)15/h5-6,11H,3-4,7-10H2,1-2H3. The van der Waals surface area contributed by atoms with Gasteiger partial charge in [-0.25, -0.2) is 0 Å². The van der Waals surface area contributed by atoms with Gasteiger partial charge in [-0.3, -0.25) is 9.78 Å². The summed E-state index contributed by atoms with van der Waals surface area (Å²) >= 11 is 6.04. The predicted octanol–water partition coefficient (Wildman–Crippen LogP) is 2.25. The fourth-order valence-corrected chi connectivity index (χ4v) is 1.84. The van der Waals surface area contributed by atoms with Gasteiger partial charge in [-0.1, -0.05) is 11.6 Å². The van der Waals surface area contributed by atoms with Crippen LogP contribution < -0.4 is 0 Å². The fraction of sp³-hybridized carbons (Fsp3) is 0.571. The second-order valence-corrected chi connectivity index (χ2v) is 4.45. The number of rotatable bonds is 9. The lowest BCUT2D eigenvalue weighted by molar-refractivity contribution is 0.0550. The van der Waals surface area contributed by atoms with Crippen molar-refractivity contribution in [1.29, 1.82) is 0 Å². The van der Waals surface area contributed by atoms with Gasteiger partial charge in [0, 0.05) is 38.7 Å². The zero-order chi connectivity index (χ0) is 14.8. The topological polar surface area (TPSA) is 51.7 Å². The molecule has 112 valence electrons. The smallest absolute Gasteiger partial charge is 0.257 e. The van der Waals surface area contributed by atoms with E-state index < -0.39 is 0 Å². The SMILES string of the molecule is CCOCCN(CCOCC)C(=O)c1cnccc1Cl. The van der Waals surface area contributed by atoms with Gasteiger partial charge in [0.15, 0.2) is 0 Å². The summed E-state index contributed by atoms with van der Waals surface area (Å²) in [5, 5.41) is 0.405. The Morgan fingerprint density at radius 2 is 1.85 bits per heavy atom. The van der Waals surface area contributed by atoms with E-state index in [-0.39, 0.29) is 5.91 Å². The summed E-state index contributed by atoms with van der Waals surface area (Å²) in [6.07, 6.45) is 3.04. The molecule has 0 aromatic carbocycles. The van der Waals surface area contributed by atoms with E-state index in [2.05, 4.69) is 4.98 Å². The molecule has 6 heteroatoms. The van der Waals surface area contributed by atoms with Gasteiger partial charge in [-0.2, -0.15) is 0 Å². The van der Waals surface area contributed by atoms with Crippen molar-refractivity contribution in [3.8, 4) is 0 Å². The lowest BCUT2D eigenvalue weighted by Gasteiger charge is -2.22. The van der Waals surface area contributed by atoms with Gasteiger partial charge < -0.3 is 14.4 Å². The Hall–Kier alpha value is -1.17. The molecule has 1 aromatic rings. The summed E-state index contributed by atoms with van der Waals surface area (Å²) in [5.41, 5.74) is 0.405. The summed E-state index contributed by atoms with van der Waals surface area (Å²) in [4.78, 5) is 18.1. The molecular formula is C14H21ClN2O3. The lowest BCUT2D eigenvalue weighted by atomic mass is 10.2. The van der Waals surface area contributed by atoms with Crippen molar-refractivity contribution in [3.63, 3.8) is 0 Å². The molecule has 0 fully saturated rings. The van der Waals surface area contributed by atoms with Gasteiger partial charge in [0.2, 0.25) is 0 Å². The van der Waals surface area contributed by atoms with Crippen molar-refractivity contribution in [2.75, 3.05) is 39.5 Å². The monoisotopic (exact) mass is 300 g/mol. The first-order chi connectivity index (χ1) is 9.70. The Kier molecular flexibility index (Phi) is 8.18. The molecule has 1 amide bonds. The number of amides is 1. The Morgan fingerprint density at radius 3 is 2.35 bits per heavy atom. The highest BCUT2D eigenvalue weighted by Gasteiger charge is 2.18. The maximum Gasteiger partial charge on any atom is 0.257 e. The molecular weight excluding hydrogens is 280 g/mol. The maximum atomic E-state index is 12.4. The first-order valence-corrected chi connectivity index (χ1v) is 7.12. The molecule has 0 radical (unpaired) electrons. The van der Waals surface area contributed by atoms with Crippen LogP contribution in [0.3, 0.4) is 0 Å². The molecule has 0 atom stereocenters. The maximum absolute atomic E-state index is 12.4. The van der Waals surface area contributed by atoms with E-state index in [1.165, 1.54) is 6.20 Å². The van der Waals surface area contributed by atoms with Gasteiger partial charge in [0.1, 0.15) is 0 Å². The van der Waals surface area contributed by atoms with Gasteiger partial charge in [-0.05, 0) is 19.9 Å². The zero-order valence-corrected chi connectivity index (χ0v) is 12.7. The minimum absolute atomic E-state index is 0.150. The van der Waals surface area contributed by atoms with Gasteiger partial charge >= 0.3 is 0 Å². The molecule has 20 heavy (non-hydrogen) atoms. The average molecular weight is 301 g/mol. The number of halogens is 1. The molecule has 0 bridgehead atoms. The van der Waals surface area contributed by atoms with Crippen LogP contribution in [0.4, 0.5) is 0 Å². The first kappa shape index (κ1) is 16.9. The third kappa shape index (κ3) is 5.45. The lowest BCUT2D eigenvalue weighted by Crippen LogP contribution is -2.37. The number of aromatic nitrogens is 1. The third-order valence-corrected chi connectivity index (χ3v) is 3.03. The highest BCUT2D eigenvalue weighted by Crippen LogP contribution is 2.15. The van der Waals surface area contributed by atoms with E-state index in [9.17, 15) is 4.79 Å². The van der Waals surface area contributed by atoms with E-state index in [1.54, 1.807) is 17.2 Å². The number of pyridine rings is 1. The summed E-state index contributed by atoms with van der Waals surface area (Å²) in [6.45, 7) is 7.09. The summed E-state index contributed by atoms with van der Waals surface area (Å²) in [6, 6.07) is 1.61. The Morgan fingerprint density at radius 1 is 1.25 bits per heavy atom. The van der Waals surface area contributed by atoms with Crippen molar-refractivity contribution in [1.82, 2.24) is 9.88 Å². The van der Waals surface area contributed by atoms with Crippen LogP contribution >= 0.6 is 11.6 Å². The van der Waals surface area contributed by atoms with Crippen molar-refractivity contribution in [2.45, 2.75) is 13.8 Å². The molecule has 1 heterocycles. The summed E-state index contributed by atoms with van der Waals surface area (Å²) in [7, 11) is 0. The summed E-state index contributed by atoms with van der Waals surface area (Å²) < 4.78 is 10.6. The van der Waals surface area contributed by atoms with E-state index >= 15 is 0 Å². The third-order valence-electron chi connectivity index (χ3n) is 2.70. The fourth-order valence-electron chi connectivity index (χ4n) is 1.66. The second-order valence-electron chi connectivity index (χ2n) is 4.04. The quantitative estimate of drug-likeness (QED) is 0.656. The normalized spacial score (nSPS) is 10.6. The Balaban J connectivity index is 2.69. The largest absolute Gasteiger partial charge is 0.380 e. The number of ether oxygens (including phenoxy) is 2. The number of hydrogen-bond donors (Lipinski definition) is 0. The zero-order valence-electron chi connectivity index (χ0n) is 12.0. The van der Waals surface area contributed by atoms with Crippen LogP contribution in [-0.4, -0.2) is 55.3 Å². The van der Waals surface area contributed by atoms with E-state index in [0.717, 1.165) is 0 Å². The van der Waals surface area contributed by atoms with E-state index in [1.807, 2.05) is 13.8 Å². The molecule has 5 nitrogen and oxygen atoms in total. The van der Waals surface area contributed by atoms with Crippen LogP contribution in [0.5, 0.6) is 0 Å². The molecule has 0 aliphatic heterocycles. The van der Waals surface area contributed by atoms with Crippen LogP contribution in [0, 0.1) is 0 Å². The molecule has 0 N–H and O–H groups in total. The Labute approximate surface area is 124 Å². The number of nitrogens with zero attached hydrogens (tertiary/aromatic N) is 2. The van der Waals surface area contributed by atoms with Crippen LogP contribution in [0.25, 0.3) is 0 Å². The number of hydrogen-bond acceptors (Lipinski definition) is 4. The molecule has 1 aromatic heterocycles. The number of carbonyl (C=O) groups excluding carboxylic acids is 1. The summed E-state index contributed by atoms with van der Waals surface area (Å²) in [5.74, 6) is -0.150.